The average molecular weight is 616 g/mol. The van der Waals surface area contributed by atoms with Crippen molar-refractivity contribution in [2.24, 2.45) is 0 Å². The van der Waals surface area contributed by atoms with E-state index in [9.17, 15) is 18.0 Å². The molecule has 41 heavy (non-hydrogen) atoms. The number of benzene rings is 3. The number of carbonyl (C=O) groups is 2. The van der Waals surface area contributed by atoms with Crippen molar-refractivity contribution in [2.75, 3.05) is 17.1 Å². The second-order valence-corrected chi connectivity index (χ2v) is 13.1. The maximum absolute atomic E-state index is 14.1. The molecule has 0 radical (unpaired) electrons. The molecule has 0 aliphatic rings. The number of rotatable bonds is 13. The van der Waals surface area contributed by atoms with E-state index in [0.717, 1.165) is 26.7 Å². The normalized spacial score (nSPS) is 12.8. The quantitative estimate of drug-likeness (QED) is 0.229. The molecule has 0 unspecified atom stereocenters. The third-order valence-corrected chi connectivity index (χ3v) is 9.69. The third kappa shape index (κ3) is 8.50. The van der Waals surface area contributed by atoms with Crippen LogP contribution in [0.1, 0.15) is 44.7 Å². The summed E-state index contributed by atoms with van der Waals surface area (Å²) in [5.41, 5.74) is 2.09. The fourth-order valence-electron chi connectivity index (χ4n) is 4.26. The van der Waals surface area contributed by atoms with Gasteiger partial charge >= 0.3 is 0 Å². The largest absolute Gasteiger partial charge is 0.352 e. The van der Waals surface area contributed by atoms with Crippen LogP contribution in [0, 0.1) is 6.92 Å². The van der Waals surface area contributed by atoms with Gasteiger partial charge in [0.2, 0.25) is 11.8 Å². The average Bonchev–Trinajstić information content (AvgIpc) is 2.97. The molecule has 3 aromatic carbocycles. The zero-order chi connectivity index (χ0) is 30.2. The summed E-state index contributed by atoms with van der Waals surface area (Å²) in [7, 11) is -4.12. The fraction of sp³-hybridized carbons (Fsp3) is 0.355. The molecule has 0 saturated heterocycles. The zero-order valence-corrected chi connectivity index (χ0v) is 26.5. The van der Waals surface area contributed by atoms with Crippen molar-refractivity contribution in [3.63, 3.8) is 0 Å². The Morgan fingerprint density at radius 2 is 1.54 bits per heavy atom. The Bertz CT molecular complexity index is 1410. The first-order valence-electron chi connectivity index (χ1n) is 13.6. The summed E-state index contributed by atoms with van der Waals surface area (Å²) in [5.74, 6) is -0.766. The Kier molecular flexibility index (Phi) is 11.7. The second-order valence-electron chi connectivity index (χ2n) is 9.91. The molecule has 3 rings (SSSR count). The number of carbonyl (C=O) groups excluding carboxylic acids is 2. The molecule has 0 spiro atoms. The lowest BCUT2D eigenvalue weighted by Gasteiger charge is -2.33. The molecule has 2 atom stereocenters. The van der Waals surface area contributed by atoms with E-state index in [1.165, 1.54) is 16.7 Å². The SMILES string of the molecule is CC[C@H](C(=O)N[C@@H](C)CC)N(Cc1ccc(Cl)cc1)C(=O)CN(c1ccc(C)cc1)S(=O)(=O)c1ccc(SC)cc1. The minimum absolute atomic E-state index is 0.0716. The molecule has 0 heterocycles. The van der Waals surface area contributed by atoms with Crippen LogP contribution in [0.5, 0.6) is 0 Å². The number of thioether (sulfide) groups is 1. The van der Waals surface area contributed by atoms with Crippen molar-refractivity contribution in [3.05, 3.63) is 88.9 Å². The molecule has 3 aromatic rings. The summed E-state index contributed by atoms with van der Waals surface area (Å²) in [5, 5.41) is 3.53. The number of aryl methyl sites for hydroxylation is 1. The van der Waals surface area contributed by atoms with E-state index in [4.69, 9.17) is 11.6 Å². The zero-order valence-electron chi connectivity index (χ0n) is 24.1. The highest BCUT2D eigenvalue weighted by Gasteiger charge is 2.34. The molecule has 0 saturated carbocycles. The summed E-state index contributed by atoms with van der Waals surface area (Å²) in [6, 6.07) is 19.7. The molecule has 0 aliphatic carbocycles. The van der Waals surface area contributed by atoms with Crippen molar-refractivity contribution in [2.45, 2.75) is 69.0 Å². The van der Waals surface area contributed by atoms with E-state index in [2.05, 4.69) is 5.32 Å². The lowest BCUT2D eigenvalue weighted by molar-refractivity contribution is -0.140. The molecule has 1 N–H and O–H groups in total. The molecule has 10 heteroatoms. The Hall–Kier alpha value is -3.01. The Balaban J connectivity index is 2.05. The van der Waals surface area contributed by atoms with E-state index in [1.54, 1.807) is 72.8 Å². The summed E-state index contributed by atoms with van der Waals surface area (Å²) in [6.45, 7) is 7.26. The van der Waals surface area contributed by atoms with Gasteiger partial charge in [-0.2, -0.15) is 0 Å². The fourth-order valence-corrected chi connectivity index (χ4v) is 6.21. The van der Waals surface area contributed by atoms with Crippen molar-refractivity contribution < 1.29 is 18.0 Å². The standard InChI is InChI=1S/C31H38ClN3O4S2/c1-6-23(4)33-31(37)29(7-2)34(20-24-10-12-25(32)13-11-24)30(36)21-35(26-14-8-22(3)9-15-26)41(38,39)28-18-16-27(40-5)17-19-28/h8-19,23,29H,6-7,20-21H2,1-5H3,(H,33,37)/t23-,29+/m0/s1. The number of hydrogen-bond acceptors (Lipinski definition) is 5. The third-order valence-electron chi connectivity index (χ3n) is 6.90. The van der Waals surface area contributed by atoms with Gasteiger partial charge in [0.1, 0.15) is 12.6 Å². The number of halogens is 1. The van der Waals surface area contributed by atoms with Gasteiger partial charge in [-0.3, -0.25) is 13.9 Å². The minimum atomic E-state index is -4.12. The van der Waals surface area contributed by atoms with Crippen LogP contribution in [-0.4, -0.2) is 50.0 Å². The highest BCUT2D eigenvalue weighted by molar-refractivity contribution is 7.98. The maximum Gasteiger partial charge on any atom is 0.264 e. The van der Waals surface area contributed by atoms with Crippen molar-refractivity contribution in [1.82, 2.24) is 10.2 Å². The van der Waals surface area contributed by atoms with Gasteiger partial charge in [-0.15, -0.1) is 11.8 Å². The molecule has 7 nitrogen and oxygen atoms in total. The topological polar surface area (TPSA) is 86.8 Å². The van der Waals surface area contributed by atoms with E-state index in [-0.39, 0.29) is 23.4 Å². The number of hydrogen-bond donors (Lipinski definition) is 1. The van der Waals surface area contributed by atoms with Gasteiger partial charge in [-0.05, 0) is 87.0 Å². The minimum Gasteiger partial charge on any atom is -0.352 e. The molecular formula is C31H38ClN3O4S2. The second kappa shape index (κ2) is 14.8. The van der Waals surface area contributed by atoms with Crippen LogP contribution in [0.15, 0.2) is 82.6 Å². The summed E-state index contributed by atoms with van der Waals surface area (Å²) < 4.78 is 29.1. The van der Waals surface area contributed by atoms with E-state index >= 15 is 0 Å². The van der Waals surface area contributed by atoms with Crippen LogP contribution in [0.3, 0.4) is 0 Å². The van der Waals surface area contributed by atoms with Crippen LogP contribution < -0.4 is 9.62 Å². The van der Waals surface area contributed by atoms with Gasteiger partial charge in [0.15, 0.2) is 0 Å². The summed E-state index contributed by atoms with van der Waals surface area (Å²) in [4.78, 5) is 29.9. The Morgan fingerprint density at radius 3 is 2.07 bits per heavy atom. The molecule has 0 bridgehead atoms. The highest BCUT2D eigenvalue weighted by atomic mass is 35.5. The van der Waals surface area contributed by atoms with Crippen LogP contribution >= 0.6 is 23.4 Å². The Morgan fingerprint density at radius 1 is 0.927 bits per heavy atom. The van der Waals surface area contributed by atoms with E-state index in [0.29, 0.717) is 17.1 Å². The van der Waals surface area contributed by atoms with Crippen LogP contribution in [0.2, 0.25) is 5.02 Å². The van der Waals surface area contributed by atoms with Crippen molar-refractivity contribution >= 4 is 50.9 Å². The van der Waals surface area contributed by atoms with Gasteiger partial charge in [-0.25, -0.2) is 8.42 Å². The lowest BCUT2D eigenvalue weighted by atomic mass is 10.1. The molecule has 0 aliphatic heterocycles. The van der Waals surface area contributed by atoms with E-state index < -0.39 is 28.5 Å². The first-order valence-corrected chi connectivity index (χ1v) is 16.6. The molecule has 220 valence electrons. The molecule has 2 amide bonds. The highest BCUT2D eigenvalue weighted by Crippen LogP contribution is 2.27. The van der Waals surface area contributed by atoms with Gasteiger partial charge in [0, 0.05) is 22.5 Å². The lowest BCUT2D eigenvalue weighted by Crippen LogP contribution is -2.53. The van der Waals surface area contributed by atoms with Gasteiger partial charge < -0.3 is 10.2 Å². The molecule has 0 aromatic heterocycles. The molecular weight excluding hydrogens is 578 g/mol. The van der Waals surface area contributed by atoms with Crippen molar-refractivity contribution in [3.8, 4) is 0 Å². The van der Waals surface area contributed by atoms with Crippen LogP contribution in [0.4, 0.5) is 5.69 Å². The number of nitrogens with zero attached hydrogens (tertiary/aromatic N) is 2. The predicted molar refractivity (Wildman–Crippen MR) is 168 cm³/mol. The maximum atomic E-state index is 14.1. The van der Waals surface area contributed by atoms with Crippen molar-refractivity contribution in [1.29, 1.82) is 0 Å². The first-order chi connectivity index (χ1) is 19.5. The van der Waals surface area contributed by atoms with Crippen LogP contribution in [0.25, 0.3) is 0 Å². The van der Waals surface area contributed by atoms with Gasteiger partial charge in [0.25, 0.3) is 10.0 Å². The first kappa shape index (κ1) is 32.5. The number of anilines is 1. The summed E-state index contributed by atoms with van der Waals surface area (Å²) in [6.07, 6.45) is 3.01. The van der Waals surface area contributed by atoms with Gasteiger partial charge in [0.05, 0.1) is 10.6 Å². The monoisotopic (exact) mass is 615 g/mol. The number of amides is 2. The van der Waals surface area contributed by atoms with Gasteiger partial charge in [-0.1, -0.05) is 55.3 Å². The Labute approximate surface area is 253 Å². The van der Waals surface area contributed by atoms with E-state index in [1.807, 2.05) is 34.0 Å². The number of sulfonamides is 1. The smallest absolute Gasteiger partial charge is 0.264 e. The predicted octanol–water partition coefficient (Wildman–Crippen LogP) is 6.29. The summed E-state index contributed by atoms with van der Waals surface area (Å²) >= 11 is 7.59. The molecule has 0 fully saturated rings. The van der Waals surface area contributed by atoms with Crippen LogP contribution in [-0.2, 0) is 26.2 Å². The number of nitrogens with one attached hydrogen (secondary N) is 1.